The fourth-order valence-corrected chi connectivity index (χ4v) is 3.16. The van der Waals surface area contributed by atoms with Gasteiger partial charge in [-0.2, -0.15) is 13.2 Å². The van der Waals surface area contributed by atoms with Crippen LogP contribution in [-0.2, 0) is 17.5 Å². The van der Waals surface area contributed by atoms with Gasteiger partial charge in [0.25, 0.3) is 0 Å². The summed E-state index contributed by atoms with van der Waals surface area (Å²) in [7, 11) is 3.14. The van der Waals surface area contributed by atoms with Crippen LogP contribution in [0.5, 0.6) is 11.5 Å². The molecule has 3 aromatic rings. The quantitative estimate of drug-likeness (QED) is 0.503. The number of rotatable bonds is 9. The SMILES string of the molecule is CCC(COC)Oc1cc2c(NCc3ccnc(C(F)(F)F)c3)nc(C)nc2cc1OC. The zero-order chi connectivity index (χ0) is 23.3. The van der Waals surface area contributed by atoms with Crippen LogP contribution in [0.4, 0.5) is 19.0 Å². The van der Waals surface area contributed by atoms with Gasteiger partial charge in [0.15, 0.2) is 11.5 Å². The van der Waals surface area contributed by atoms with E-state index in [2.05, 4.69) is 20.3 Å². The largest absolute Gasteiger partial charge is 0.493 e. The Labute approximate surface area is 184 Å². The molecule has 7 nitrogen and oxygen atoms in total. The van der Waals surface area contributed by atoms with Crippen molar-refractivity contribution in [1.29, 1.82) is 0 Å². The monoisotopic (exact) mass is 450 g/mol. The third kappa shape index (κ3) is 5.56. The average Bonchev–Trinajstić information content (AvgIpc) is 2.76. The molecule has 0 fully saturated rings. The second kappa shape index (κ2) is 9.99. The topological polar surface area (TPSA) is 78.4 Å². The highest BCUT2D eigenvalue weighted by Crippen LogP contribution is 2.35. The zero-order valence-electron chi connectivity index (χ0n) is 18.3. The van der Waals surface area contributed by atoms with Gasteiger partial charge in [0.05, 0.1) is 19.2 Å². The number of aryl methyl sites for hydroxylation is 1. The van der Waals surface area contributed by atoms with E-state index < -0.39 is 11.9 Å². The highest BCUT2D eigenvalue weighted by molar-refractivity contribution is 5.91. The van der Waals surface area contributed by atoms with E-state index in [0.29, 0.717) is 46.2 Å². The van der Waals surface area contributed by atoms with Gasteiger partial charge in [0.2, 0.25) is 0 Å². The van der Waals surface area contributed by atoms with Gasteiger partial charge in [-0.1, -0.05) is 6.92 Å². The highest BCUT2D eigenvalue weighted by Gasteiger charge is 2.32. The van der Waals surface area contributed by atoms with Crippen LogP contribution in [-0.4, -0.2) is 41.9 Å². The first-order chi connectivity index (χ1) is 15.2. The molecule has 0 radical (unpaired) electrons. The van der Waals surface area contributed by atoms with Crippen molar-refractivity contribution in [2.45, 2.75) is 39.1 Å². The molecule has 0 aliphatic rings. The maximum atomic E-state index is 13.0. The number of nitrogens with zero attached hydrogens (tertiary/aromatic N) is 3. The average molecular weight is 450 g/mol. The minimum atomic E-state index is -4.50. The Morgan fingerprint density at radius 1 is 1.09 bits per heavy atom. The number of fused-ring (bicyclic) bond motifs is 1. The zero-order valence-corrected chi connectivity index (χ0v) is 18.3. The van der Waals surface area contributed by atoms with Gasteiger partial charge in [0, 0.05) is 31.3 Å². The van der Waals surface area contributed by atoms with Crippen molar-refractivity contribution in [1.82, 2.24) is 15.0 Å². The third-order valence-electron chi connectivity index (χ3n) is 4.77. The lowest BCUT2D eigenvalue weighted by Gasteiger charge is -2.19. The summed E-state index contributed by atoms with van der Waals surface area (Å²) in [4.78, 5) is 12.3. The lowest BCUT2D eigenvalue weighted by Crippen LogP contribution is -2.21. The molecule has 0 bridgehead atoms. The molecule has 0 amide bonds. The summed E-state index contributed by atoms with van der Waals surface area (Å²) in [5, 5.41) is 3.77. The second-order valence-electron chi connectivity index (χ2n) is 7.14. The second-order valence-corrected chi connectivity index (χ2v) is 7.14. The van der Waals surface area contributed by atoms with Crippen LogP contribution in [0.15, 0.2) is 30.5 Å². The van der Waals surface area contributed by atoms with Crippen LogP contribution in [0, 0.1) is 6.92 Å². The number of benzene rings is 1. The smallest absolute Gasteiger partial charge is 0.433 e. The van der Waals surface area contributed by atoms with Crippen LogP contribution in [0.3, 0.4) is 0 Å². The Hall–Kier alpha value is -3.14. The number of methoxy groups -OCH3 is 2. The molecule has 1 unspecified atom stereocenters. The molecule has 1 N–H and O–H groups in total. The van der Waals surface area contributed by atoms with Crippen molar-refractivity contribution >= 4 is 16.7 Å². The number of halogens is 3. The van der Waals surface area contributed by atoms with Crippen LogP contribution in [0.2, 0.25) is 0 Å². The fourth-order valence-electron chi connectivity index (χ4n) is 3.16. The molecular formula is C22H25F3N4O3. The molecule has 32 heavy (non-hydrogen) atoms. The Balaban J connectivity index is 1.95. The minimum absolute atomic E-state index is 0.126. The Bertz CT molecular complexity index is 1080. The summed E-state index contributed by atoms with van der Waals surface area (Å²) in [6, 6.07) is 6.05. The molecule has 172 valence electrons. The van der Waals surface area contributed by atoms with Crippen molar-refractivity contribution in [3.63, 3.8) is 0 Å². The van der Waals surface area contributed by atoms with Gasteiger partial charge in [-0.05, 0) is 37.1 Å². The van der Waals surface area contributed by atoms with Crippen molar-refractivity contribution in [3.8, 4) is 11.5 Å². The van der Waals surface area contributed by atoms with Crippen molar-refractivity contribution < 1.29 is 27.4 Å². The van der Waals surface area contributed by atoms with E-state index in [1.165, 1.54) is 6.07 Å². The lowest BCUT2D eigenvalue weighted by atomic mass is 10.1. The first-order valence-electron chi connectivity index (χ1n) is 10.0. The van der Waals surface area contributed by atoms with E-state index in [-0.39, 0.29) is 12.6 Å². The first-order valence-corrected chi connectivity index (χ1v) is 10.0. The standard InChI is InChI=1S/C22H25F3N4O3/c1-5-15(12-30-3)32-19-9-16-17(10-18(19)31-4)28-13(2)29-21(16)27-11-14-6-7-26-20(8-14)22(23,24)25/h6-10,15H,5,11-12H2,1-4H3,(H,27,28,29). The lowest BCUT2D eigenvalue weighted by molar-refractivity contribution is -0.141. The van der Waals surface area contributed by atoms with E-state index in [9.17, 15) is 13.2 Å². The summed E-state index contributed by atoms with van der Waals surface area (Å²) < 4.78 is 55.6. The summed E-state index contributed by atoms with van der Waals surface area (Å²) in [6.07, 6.45) is -2.81. The van der Waals surface area contributed by atoms with E-state index in [4.69, 9.17) is 14.2 Å². The molecule has 2 aromatic heterocycles. The molecule has 10 heteroatoms. The van der Waals surface area contributed by atoms with E-state index >= 15 is 0 Å². The van der Waals surface area contributed by atoms with E-state index in [1.54, 1.807) is 33.3 Å². The van der Waals surface area contributed by atoms with E-state index in [1.807, 2.05) is 6.92 Å². The molecule has 0 saturated carbocycles. The van der Waals surface area contributed by atoms with Crippen molar-refractivity contribution in [2.24, 2.45) is 0 Å². The summed E-state index contributed by atoms with van der Waals surface area (Å²) in [5.74, 6) is 2.00. The third-order valence-corrected chi connectivity index (χ3v) is 4.77. The number of aromatic nitrogens is 3. The predicted octanol–water partition coefficient (Wildman–Crippen LogP) is 4.78. The number of alkyl halides is 3. The summed E-state index contributed by atoms with van der Waals surface area (Å²) in [6.45, 7) is 4.26. The molecular weight excluding hydrogens is 425 g/mol. The van der Waals surface area contributed by atoms with Gasteiger partial charge in [0.1, 0.15) is 23.4 Å². The molecule has 1 aromatic carbocycles. The van der Waals surface area contributed by atoms with Crippen LogP contribution in [0.25, 0.3) is 10.9 Å². The highest BCUT2D eigenvalue weighted by atomic mass is 19.4. The summed E-state index contributed by atoms with van der Waals surface area (Å²) >= 11 is 0. The normalized spacial score (nSPS) is 12.6. The van der Waals surface area contributed by atoms with Crippen LogP contribution in [0.1, 0.15) is 30.4 Å². The fraction of sp³-hybridized carbons (Fsp3) is 0.409. The number of hydrogen-bond donors (Lipinski definition) is 1. The molecule has 0 spiro atoms. The molecule has 3 rings (SSSR count). The van der Waals surface area contributed by atoms with Crippen LogP contribution >= 0.6 is 0 Å². The van der Waals surface area contributed by atoms with Gasteiger partial charge in [-0.25, -0.2) is 9.97 Å². The van der Waals surface area contributed by atoms with Gasteiger partial charge < -0.3 is 19.5 Å². The van der Waals surface area contributed by atoms with Gasteiger partial charge in [-0.15, -0.1) is 0 Å². The number of ether oxygens (including phenoxy) is 3. The van der Waals surface area contributed by atoms with E-state index in [0.717, 1.165) is 18.7 Å². The number of nitrogens with one attached hydrogen (secondary N) is 1. The predicted molar refractivity (Wildman–Crippen MR) is 114 cm³/mol. The Kier molecular flexibility index (Phi) is 7.34. The molecule has 1 atom stereocenters. The van der Waals surface area contributed by atoms with Gasteiger partial charge in [-0.3, -0.25) is 4.98 Å². The molecule has 0 aliphatic carbocycles. The maximum absolute atomic E-state index is 13.0. The number of hydrogen-bond acceptors (Lipinski definition) is 7. The Morgan fingerprint density at radius 3 is 2.53 bits per heavy atom. The first kappa shape index (κ1) is 23.5. The molecule has 0 aliphatic heterocycles. The summed E-state index contributed by atoms with van der Waals surface area (Å²) in [5.41, 5.74) is 0.104. The number of pyridine rings is 1. The minimum Gasteiger partial charge on any atom is -0.493 e. The molecule has 2 heterocycles. The maximum Gasteiger partial charge on any atom is 0.433 e. The van der Waals surface area contributed by atoms with Gasteiger partial charge >= 0.3 is 6.18 Å². The molecule has 0 saturated heterocycles. The van der Waals surface area contributed by atoms with Crippen molar-refractivity contribution in [3.05, 3.63) is 47.5 Å². The Morgan fingerprint density at radius 2 is 1.88 bits per heavy atom. The van der Waals surface area contributed by atoms with Crippen LogP contribution < -0.4 is 14.8 Å². The van der Waals surface area contributed by atoms with Crippen molar-refractivity contribution in [2.75, 3.05) is 26.1 Å². The number of anilines is 1.